The molecule has 0 N–H and O–H groups in total. The van der Waals surface area contributed by atoms with Gasteiger partial charge in [0.25, 0.3) is 0 Å². The lowest BCUT2D eigenvalue weighted by Gasteiger charge is -2.15. The van der Waals surface area contributed by atoms with Crippen LogP contribution in [-0.4, -0.2) is 9.55 Å². The van der Waals surface area contributed by atoms with Crippen LogP contribution in [0.1, 0.15) is 0 Å². The summed E-state index contributed by atoms with van der Waals surface area (Å²) in [5.41, 5.74) is 13.2. The van der Waals surface area contributed by atoms with Gasteiger partial charge >= 0.3 is 0 Å². The van der Waals surface area contributed by atoms with E-state index in [1.54, 1.807) is 0 Å². The molecule has 9 rings (SSSR count). The number of benzene rings is 7. The number of aromatic nitrogens is 2. The second-order valence-corrected chi connectivity index (χ2v) is 12.5. The van der Waals surface area contributed by atoms with Crippen LogP contribution in [0.4, 0.5) is 0 Å². The summed E-state index contributed by atoms with van der Waals surface area (Å²) in [6, 6.07) is 57.9. The van der Waals surface area contributed by atoms with E-state index in [0.717, 1.165) is 32.4 Å². The van der Waals surface area contributed by atoms with Gasteiger partial charge in [-0.05, 0) is 97.8 Å². The first kappa shape index (κ1) is 27.6. The molecule has 0 unspecified atom stereocenters. The average molecular weight is 668 g/mol. The van der Waals surface area contributed by atoms with Crippen LogP contribution >= 0.6 is 15.9 Å². The Morgan fingerprint density at radius 3 is 1.51 bits per heavy atom. The Morgan fingerprint density at radius 1 is 0.447 bits per heavy atom. The van der Waals surface area contributed by atoms with Gasteiger partial charge in [0.1, 0.15) is 5.52 Å². The van der Waals surface area contributed by atoms with Gasteiger partial charge in [0.05, 0.1) is 11.0 Å². The largest absolute Gasteiger partial charge is 0.436 e. The zero-order valence-electron chi connectivity index (χ0n) is 25.3. The molecule has 9 aromatic rings. The number of hydrogen-bond donors (Lipinski definition) is 0. The van der Waals surface area contributed by atoms with E-state index in [1.165, 1.54) is 49.6 Å². The lowest BCUT2D eigenvalue weighted by molar-refractivity contribution is 0.620. The van der Waals surface area contributed by atoms with E-state index in [1.807, 2.05) is 18.2 Å². The van der Waals surface area contributed by atoms with Crippen molar-refractivity contribution < 1.29 is 4.42 Å². The monoisotopic (exact) mass is 666 g/mol. The number of halogens is 1. The number of rotatable bonds is 5. The number of hydrogen-bond acceptors (Lipinski definition) is 2. The zero-order valence-corrected chi connectivity index (χ0v) is 26.9. The Bertz CT molecular complexity index is 2520. The fraction of sp³-hybridized carbons (Fsp3) is 0. The van der Waals surface area contributed by atoms with Crippen molar-refractivity contribution in [3.05, 3.63) is 168 Å². The Hall–Kier alpha value is -5.71. The summed E-state index contributed by atoms with van der Waals surface area (Å²) < 4.78 is 9.36. The van der Waals surface area contributed by atoms with Crippen molar-refractivity contribution in [2.24, 2.45) is 0 Å². The van der Waals surface area contributed by atoms with Crippen LogP contribution in [0.5, 0.6) is 0 Å². The third-order valence-corrected chi connectivity index (χ3v) is 9.61. The smallest absolute Gasteiger partial charge is 0.227 e. The molecule has 2 heterocycles. The molecule has 0 atom stereocenters. The van der Waals surface area contributed by atoms with E-state index in [4.69, 9.17) is 9.40 Å². The number of nitrogens with zero attached hydrogens (tertiary/aromatic N) is 2. The van der Waals surface area contributed by atoms with Gasteiger partial charge in [-0.25, -0.2) is 4.98 Å². The van der Waals surface area contributed by atoms with Crippen molar-refractivity contribution >= 4 is 48.8 Å². The molecule has 3 nitrogen and oxygen atoms in total. The Labute approximate surface area is 280 Å². The summed E-state index contributed by atoms with van der Waals surface area (Å²) in [4.78, 5) is 4.73. The lowest BCUT2D eigenvalue weighted by Crippen LogP contribution is -1.94. The van der Waals surface area contributed by atoms with Gasteiger partial charge in [-0.2, -0.15) is 0 Å². The Balaban J connectivity index is 1.09. The molecule has 0 radical (unpaired) electrons. The molecule has 222 valence electrons. The number of oxazole rings is 1. The van der Waals surface area contributed by atoms with Gasteiger partial charge in [-0.15, -0.1) is 0 Å². The predicted octanol–water partition coefficient (Wildman–Crippen LogP) is 12.4. The SMILES string of the molecule is Brc1cccc2oc(-c3ccc(-c4ccccc4-c4ccccc4-c4ccc(-n5c6ccccc6c6ccccc65)cc4)cc3)nc12. The second-order valence-electron chi connectivity index (χ2n) is 11.7. The minimum absolute atomic E-state index is 0.612. The highest BCUT2D eigenvalue weighted by molar-refractivity contribution is 9.10. The number of para-hydroxylation sites is 3. The maximum Gasteiger partial charge on any atom is 0.227 e. The predicted molar refractivity (Wildman–Crippen MR) is 198 cm³/mol. The van der Waals surface area contributed by atoms with Crippen LogP contribution in [0.2, 0.25) is 0 Å². The summed E-state index contributed by atoms with van der Waals surface area (Å²) >= 11 is 3.58. The number of fused-ring (bicyclic) bond motifs is 4. The van der Waals surface area contributed by atoms with Gasteiger partial charge in [-0.3, -0.25) is 0 Å². The lowest BCUT2D eigenvalue weighted by atomic mass is 9.89. The molecule has 7 aromatic carbocycles. The maximum absolute atomic E-state index is 6.07. The Kier molecular flexibility index (Phi) is 6.61. The average Bonchev–Trinajstić information content (AvgIpc) is 3.73. The van der Waals surface area contributed by atoms with E-state index < -0.39 is 0 Å². The molecule has 0 aliphatic carbocycles. The van der Waals surface area contributed by atoms with Crippen molar-refractivity contribution in [1.29, 1.82) is 0 Å². The van der Waals surface area contributed by atoms with E-state index in [0.29, 0.717) is 5.89 Å². The second kappa shape index (κ2) is 11.3. The molecule has 0 amide bonds. The molecular formula is C43H27BrN2O. The van der Waals surface area contributed by atoms with Crippen molar-refractivity contribution in [3.8, 4) is 50.5 Å². The third-order valence-electron chi connectivity index (χ3n) is 8.97. The van der Waals surface area contributed by atoms with Crippen molar-refractivity contribution in [3.63, 3.8) is 0 Å². The van der Waals surface area contributed by atoms with E-state index in [-0.39, 0.29) is 0 Å². The van der Waals surface area contributed by atoms with E-state index in [9.17, 15) is 0 Å². The molecular weight excluding hydrogens is 640 g/mol. The highest BCUT2D eigenvalue weighted by Gasteiger charge is 2.16. The molecule has 0 fully saturated rings. The van der Waals surface area contributed by atoms with Crippen LogP contribution in [0, 0.1) is 0 Å². The molecule has 0 bridgehead atoms. The van der Waals surface area contributed by atoms with Crippen molar-refractivity contribution in [2.75, 3.05) is 0 Å². The molecule has 0 aliphatic heterocycles. The van der Waals surface area contributed by atoms with Crippen LogP contribution in [0.15, 0.2) is 173 Å². The normalized spacial score (nSPS) is 11.5. The summed E-state index contributed by atoms with van der Waals surface area (Å²) in [5.74, 6) is 0.612. The summed E-state index contributed by atoms with van der Waals surface area (Å²) in [7, 11) is 0. The highest BCUT2D eigenvalue weighted by atomic mass is 79.9. The van der Waals surface area contributed by atoms with E-state index in [2.05, 4.69) is 166 Å². The minimum atomic E-state index is 0.612. The first-order valence-electron chi connectivity index (χ1n) is 15.7. The third kappa shape index (κ3) is 4.68. The van der Waals surface area contributed by atoms with Gasteiger partial charge in [0.2, 0.25) is 5.89 Å². The maximum atomic E-state index is 6.07. The topological polar surface area (TPSA) is 31.0 Å². The van der Waals surface area contributed by atoms with Crippen molar-refractivity contribution in [1.82, 2.24) is 9.55 Å². The van der Waals surface area contributed by atoms with Crippen LogP contribution in [0.3, 0.4) is 0 Å². The molecule has 0 spiro atoms. The fourth-order valence-electron chi connectivity index (χ4n) is 6.76. The molecule has 47 heavy (non-hydrogen) atoms. The minimum Gasteiger partial charge on any atom is -0.436 e. The van der Waals surface area contributed by atoms with Gasteiger partial charge in [0.15, 0.2) is 5.58 Å². The van der Waals surface area contributed by atoms with Crippen molar-refractivity contribution in [2.45, 2.75) is 0 Å². The van der Waals surface area contributed by atoms with Crippen LogP contribution in [-0.2, 0) is 0 Å². The quantitative estimate of drug-likeness (QED) is 0.183. The molecule has 0 aliphatic rings. The van der Waals surface area contributed by atoms with E-state index >= 15 is 0 Å². The first-order valence-corrected chi connectivity index (χ1v) is 16.5. The first-order chi connectivity index (χ1) is 23.2. The van der Waals surface area contributed by atoms with Crippen LogP contribution in [0.25, 0.3) is 83.4 Å². The standard InChI is InChI=1S/C43H27BrN2O/c44-38-16-9-19-41-42(38)45-43(47-41)30-22-20-28(21-23-30)32-10-1-3-12-34(32)35-13-4-2-11-33(35)29-24-26-31(27-25-29)46-39-17-7-5-14-36(39)37-15-6-8-18-40(37)46/h1-27H. The molecule has 0 saturated heterocycles. The Morgan fingerprint density at radius 2 is 0.936 bits per heavy atom. The zero-order chi connectivity index (χ0) is 31.3. The molecule has 2 aromatic heterocycles. The van der Waals surface area contributed by atoms with Gasteiger partial charge in [0, 0.05) is 26.5 Å². The fourth-order valence-corrected chi connectivity index (χ4v) is 7.20. The highest BCUT2D eigenvalue weighted by Crippen LogP contribution is 2.40. The summed E-state index contributed by atoms with van der Waals surface area (Å²) in [6.07, 6.45) is 0. The summed E-state index contributed by atoms with van der Waals surface area (Å²) in [5, 5.41) is 2.54. The van der Waals surface area contributed by atoms with Crippen LogP contribution < -0.4 is 0 Å². The summed E-state index contributed by atoms with van der Waals surface area (Å²) in [6.45, 7) is 0. The molecule has 0 saturated carbocycles. The van der Waals surface area contributed by atoms with Gasteiger partial charge in [-0.1, -0.05) is 115 Å². The molecule has 4 heteroatoms. The van der Waals surface area contributed by atoms with Gasteiger partial charge < -0.3 is 8.98 Å².